The Balaban J connectivity index is 2.75. The van der Waals surface area contributed by atoms with Gasteiger partial charge in [0.1, 0.15) is 17.4 Å². The van der Waals surface area contributed by atoms with Crippen LogP contribution in [0.5, 0.6) is 0 Å². The second-order valence-electron chi connectivity index (χ2n) is 5.60. The number of hydrogen-bond donors (Lipinski definition) is 1. The van der Waals surface area contributed by atoms with Crippen LogP contribution in [0.1, 0.15) is 36.5 Å². The first-order valence-corrected chi connectivity index (χ1v) is 7.91. The number of aryl methyl sites for hydroxylation is 2. The summed E-state index contributed by atoms with van der Waals surface area (Å²) in [6, 6.07) is 5.83. The zero-order valence-electron chi connectivity index (χ0n) is 14.1. The molecule has 2 rings (SSSR count). The molecule has 1 aliphatic heterocycles. The van der Waals surface area contributed by atoms with Gasteiger partial charge in [-0.2, -0.15) is 5.26 Å². The van der Waals surface area contributed by atoms with Crippen molar-refractivity contribution >= 4 is 17.6 Å². The Kier molecular flexibility index (Phi) is 5.20. The standard InChI is InChI=1S/C18H19ClN2O3/c1-5-23-18(22)14-11(4)24-17(21)13(8-20)15(14)12-7-9(2)6-10(3)16(12)19/h6-7,15H,5,21H2,1-4H3. The second kappa shape index (κ2) is 6.98. The maximum absolute atomic E-state index is 12.5. The van der Waals surface area contributed by atoms with Gasteiger partial charge < -0.3 is 15.2 Å². The molecule has 1 aromatic rings. The Hall–Kier alpha value is -2.45. The van der Waals surface area contributed by atoms with E-state index in [1.807, 2.05) is 32.0 Å². The number of ether oxygens (including phenoxy) is 2. The van der Waals surface area contributed by atoms with Gasteiger partial charge in [-0.1, -0.05) is 29.3 Å². The molecule has 5 nitrogen and oxygen atoms in total. The second-order valence-corrected chi connectivity index (χ2v) is 5.98. The van der Waals surface area contributed by atoms with Crippen molar-refractivity contribution in [1.29, 1.82) is 5.26 Å². The smallest absolute Gasteiger partial charge is 0.338 e. The summed E-state index contributed by atoms with van der Waals surface area (Å²) in [7, 11) is 0. The van der Waals surface area contributed by atoms with Gasteiger partial charge >= 0.3 is 5.97 Å². The van der Waals surface area contributed by atoms with Crippen LogP contribution in [0.4, 0.5) is 0 Å². The van der Waals surface area contributed by atoms with E-state index in [-0.39, 0.29) is 23.6 Å². The molecule has 1 atom stereocenters. The van der Waals surface area contributed by atoms with Gasteiger partial charge in [-0.15, -0.1) is 0 Å². The molecule has 126 valence electrons. The predicted molar refractivity (Wildman–Crippen MR) is 90.9 cm³/mol. The van der Waals surface area contributed by atoms with Crippen molar-refractivity contribution in [1.82, 2.24) is 0 Å². The van der Waals surface area contributed by atoms with E-state index in [9.17, 15) is 10.1 Å². The van der Waals surface area contributed by atoms with Gasteiger partial charge in [0.2, 0.25) is 5.88 Å². The highest BCUT2D eigenvalue weighted by molar-refractivity contribution is 6.32. The molecule has 2 N–H and O–H groups in total. The van der Waals surface area contributed by atoms with E-state index in [0.29, 0.717) is 16.3 Å². The molecule has 0 bridgehead atoms. The molecule has 1 aliphatic rings. The minimum Gasteiger partial charge on any atom is -0.463 e. The van der Waals surface area contributed by atoms with Crippen molar-refractivity contribution in [3.63, 3.8) is 0 Å². The number of nitrogens with zero attached hydrogens (tertiary/aromatic N) is 1. The summed E-state index contributed by atoms with van der Waals surface area (Å²) < 4.78 is 10.5. The summed E-state index contributed by atoms with van der Waals surface area (Å²) in [6.07, 6.45) is 0. The van der Waals surface area contributed by atoms with Crippen LogP contribution in [0.2, 0.25) is 5.02 Å². The first-order valence-electron chi connectivity index (χ1n) is 7.53. The van der Waals surface area contributed by atoms with Gasteiger partial charge in [0.05, 0.1) is 18.1 Å². The van der Waals surface area contributed by atoms with Crippen LogP contribution in [0, 0.1) is 25.2 Å². The molecule has 0 radical (unpaired) electrons. The number of benzene rings is 1. The van der Waals surface area contributed by atoms with Crippen LogP contribution in [-0.2, 0) is 14.3 Å². The molecule has 1 unspecified atom stereocenters. The van der Waals surface area contributed by atoms with Crippen molar-refractivity contribution in [2.45, 2.75) is 33.6 Å². The highest BCUT2D eigenvalue weighted by Gasteiger charge is 2.37. The van der Waals surface area contributed by atoms with E-state index < -0.39 is 11.9 Å². The average Bonchev–Trinajstić information content (AvgIpc) is 2.50. The summed E-state index contributed by atoms with van der Waals surface area (Å²) in [6.45, 7) is 7.34. The van der Waals surface area contributed by atoms with E-state index in [1.165, 1.54) is 0 Å². The SMILES string of the molecule is CCOC(=O)C1=C(C)OC(N)=C(C#N)C1c1cc(C)cc(C)c1Cl. The highest BCUT2D eigenvalue weighted by Crippen LogP contribution is 2.43. The lowest BCUT2D eigenvalue weighted by atomic mass is 9.82. The molecular formula is C18H19ClN2O3. The van der Waals surface area contributed by atoms with Crippen LogP contribution in [-0.4, -0.2) is 12.6 Å². The van der Waals surface area contributed by atoms with Gasteiger partial charge in [-0.05, 0) is 38.8 Å². The zero-order valence-corrected chi connectivity index (χ0v) is 14.8. The van der Waals surface area contributed by atoms with Crippen LogP contribution in [0.25, 0.3) is 0 Å². The molecule has 0 amide bonds. The van der Waals surface area contributed by atoms with E-state index >= 15 is 0 Å². The van der Waals surface area contributed by atoms with Gasteiger partial charge in [-0.3, -0.25) is 0 Å². The maximum Gasteiger partial charge on any atom is 0.338 e. The maximum atomic E-state index is 12.5. The monoisotopic (exact) mass is 346 g/mol. The quantitative estimate of drug-likeness (QED) is 0.845. The van der Waals surface area contributed by atoms with Gasteiger partial charge in [-0.25, -0.2) is 4.79 Å². The Morgan fingerprint density at radius 3 is 2.67 bits per heavy atom. The highest BCUT2D eigenvalue weighted by atomic mass is 35.5. The number of nitriles is 1. The van der Waals surface area contributed by atoms with Crippen molar-refractivity contribution in [3.05, 3.63) is 56.6 Å². The van der Waals surface area contributed by atoms with E-state index in [2.05, 4.69) is 0 Å². The normalized spacial score (nSPS) is 17.4. The first kappa shape index (κ1) is 17.9. The minimum absolute atomic E-state index is 0.0247. The zero-order chi connectivity index (χ0) is 18.0. The van der Waals surface area contributed by atoms with Crippen LogP contribution in [0.15, 0.2) is 34.9 Å². The summed E-state index contributed by atoms with van der Waals surface area (Å²) >= 11 is 6.47. The molecule has 0 aromatic heterocycles. The third kappa shape index (κ3) is 3.10. The molecule has 1 heterocycles. The first-order chi connectivity index (χ1) is 11.3. The molecule has 0 saturated heterocycles. The number of carbonyl (C=O) groups excluding carboxylic acids is 1. The van der Waals surface area contributed by atoms with Crippen molar-refractivity contribution in [3.8, 4) is 6.07 Å². The number of hydrogen-bond acceptors (Lipinski definition) is 5. The molecule has 0 saturated carbocycles. The Bertz CT molecular complexity index is 803. The number of rotatable bonds is 3. The molecule has 6 heteroatoms. The predicted octanol–water partition coefficient (Wildman–Crippen LogP) is 3.60. The Labute approximate surface area is 146 Å². The molecule has 0 aliphatic carbocycles. The molecule has 0 fully saturated rings. The fourth-order valence-electron chi connectivity index (χ4n) is 2.86. The lowest BCUT2D eigenvalue weighted by Crippen LogP contribution is -2.26. The topological polar surface area (TPSA) is 85.3 Å². The number of nitrogens with two attached hydrogens (primary N) is 1. The fraction of sp³-hybridized carbons (Fsp3) is 0.333. The van der Waals surface area contributed by atoms with Crippen molar-refractivity contribution in [2.24, 2.45) is 5.73 Å². The average molecular weight is 347 g/mol. The number of esters is 1. The Morgan fingerprint density at radius 1 is 1.42 bits per heavy atom. The van der Waals surface area contributed by atoms with E-state index in [0.717, 1.165) is 11.1 Å². The van der Waals surface area contributed by atoms with Crippen LogP contribution >= 0.6 is 11.6 Å². The minimum atomic E-state index is -0.714. The Morgan fingerprint density at radius 2 is 2.08 bits per heavy atom. The molecule has 0 spiro atoms. The van der Waals surface area contributed by atoms with Crippen molar-refractivity contribution in [2.75, 3.05) is 6.61 Å². The van der Waals surface area contributed by atoms with Gasteiger partial charge in [0, 0.05) is 5.02 Å². The van der Waals surface area contributed by atoms with Crippen LogP contribution in [0.3, 0.4) is 0 Å². The van der Waals surface area contributed by atoms with Crippen LogP contribution < -0.4 is 5.73 Å². The number of allylic oxidation sites excluding steroid dienone is 2. The largest absolute Gasteiger partial charge is 0.463 e. The summed E-state index contributed by atoms with van der Waals surface area (Å²) in [5, 5.41) is 10.0. The summed E-state index contributed by atoms with van der Waals surface area (Å²) in [5.41, 5.74) is 8.73. The lowest BCUT2D eigenvalue weighted by Gasteiger charge is -2.28. The third-order valence-corrected chi connectivity index (χ3v) is 4.36. The fourth-order valence-corrected chi connectivity index (χ4v) is 3.08. The van der Waals surface area contributed by atoms with Gasteiger partial charge in [0.15, 0.2) is 0 Å². The molecule has 24 heavy (non-hydrogen) atoms. The molecule has 1 aromatic carbocycles. The van der Waals surface area contributed by atoms with Crippen molar-refractivity contribution < 1.29 is 14.3 Å². The number of halogens is 1. The number of carbonyl (C=O) groups is 1. The third-order valence-electron chi connectivity index (χ3n) is 3.84. The van der Waals surface area contributed by atoms with E-state index in [1.54, 1.807) is 13.8 Å². The lowest BCUT2D eigenvalue weighted by molar-refractivity contribution is -0.139. The van der Waals surface area contributed by atoms with E-state index in [4.69, 9.17) is 26.8 Å². The molecular weight excluding hydrogens is 328 g/mol. The summed E-state index contributed by atoms with van der Waals surface area (Å²) in [4.78, 5) is 12.5. The summed E-state index contributed by atoms with van der Waals surface area (Å²) in [5.74, 6) is -0.974. The van der Waals surface area contributed by atoms with Gasteiger partial charge in [0.25, 0.3) is 0 Å².